The Morgan fingerprint density at radius 1 is 1.04 bits per heavy atom. The number of alkyl carbamates (subject to hydrolysis) is 1. The van der Waals surface area contributed by atoms with E-state index in [2.05, 4.69) is 40.9 Å². The third kappa shape index (κ3) is 5.60. The Kier molecular flexibility index (Phi) is 6.89. The van der Waals surface area contributed by atoms with E-state index in [9.17, 15) is 4.79 Å². The first-order valence-corrected chi connectivity index (χ1v) is 9.43. The molecule has 140 valence electrons. The van der Waals surface area contributed by atoms with Crippen LogP contribution in [0.3, 0.4) is 0 Å². The predicted octanol–water partition coefficient (Wildman–Crippen LogP) is 1.61. The second kappa shape index (κ2) is 8.50. The molecule has 1 amide bonds. The maximum Gasteiger partial charge on any atom is 0.407 e. The van der Waals surface area contributed by atoms with Gasteiger partial charge in [0.05, 0.1) is 11.6 Å². The van der Waals surface area contributed by atoms with Gasteiger partial charge >= 0.3 is 6.09 Å². The van der Waals surface area contributed by atoms with Crippen molar-refractivity contribution in [3.05, 3.63) is 0 Å². The van der Waals surface area contributed by atoms with Crippen LogP contribution in [0.25, 0.3) is 0 Å². The van der Waals surface area contributed by atoms with Crippen molar-refractivity contribution in [2.45, 2.75) is 58.2 Å². The van der Waals surface area contributed by atoms with Gasteiger partial charge in [-0.2, -0.15) is 0 Å². The molecule has 0 aromatic heterocycles. The van der Waals surface area contributed by atoms with Crippen LogP contribution < -0.4 is 5.32 Å². The number of ether oxygens (including phenoxy) is 1. The van der Waals surface area contributed by atoms with Crippen molar-refractivity contribution in [2.75, 3.05) is 52.9 Å². The maximum atomic E-state index is 12.3. The number of carbonyl (C=O) groups is 1. The molecule has 2 saturated heterocycles. The van der Waals surface area contributed by atoms with E-state index in [4.69, 9.17) is 4.74 Å². The Morgan fingerprint density at radius 2 is 1.62 bits per heavy atom. The van der Waals surface area contributed by atoms with Crippen LogP contribution in [0.4, 0.5) is 4.79 Å². The number of piperazine rings is 1. The molecule has 0 unspecified atom stereocenters. The minimum absolute atomic E-state index is 0.0820. The minimum Gasteiger partial charge on any atom is -0.447 e. The molecule has 1 N–H and O–H groups in total. The van der Waals surface area contributed by atoms with Gasteiger partial charge in [-0.25, -0.2) is 4.79 Å². The first-order chi connectivity index (χ1) is 11.3. The summed E-state index contributed by atoms with van der Waals surface area (Å²) >= 11 is 0. The Morgan fingerprint density at radius 3 is 2.12 bits per heavy atom. The second-order valence-corrected chi connectivity index (χ2v) is 8.07. The Labute approximate surface area is 147 Å². The van der Waals surface area contributed by atoms with Crippen molar-refractivity contribution in [2.24, 2.45) is 0 Å². The summed E-state index contributed by atoms with van der Waals surface area (Å²) in [4.78, 5) is 19.6. The van der Waals surface area contributed by atoms with Crippen molar-refractivity contribution in [1.82, 2.24) is 20.0 Å². The molecule has 0 bridgehead atoms. The molecule has 0 aromatic rings. The third-order valence-electron chi connectivity index (χ3n) is 5.32. The molecule has 2 heterocycles. The number of rotatable bonds is 5. The van der Waals surface area contributed by atoms with E-state index in [-0.39, 0.29) is 17.7 Å². The molecular formula is C18H36N4O2. The van der Waals surface area contributed by atoms with Gasteiger partial charge in [0.1, 0.15) is 0 Å². The van der Waals surface area contributed by atoms with Gasteiger partial charge in [0, 0.05) is 51.9 Å². The van der Waals surface area contributed by atoms with Crippen LogP contribution in [0.2, 0.25) is 0 Å². The topological polar surface area (TPSA) is 48.1 Å². The van der Waals surface area contributed by atoms with Crippen LogP contribution in [0.1, 0.15) is 40.5 Å². The van der Waals surface area contributed by atoms with E-state index in [0.29, 0.717) is 6.04 Å². The smallest absolute Gasteiger partial charge is 0.407 e. The highest BCUT2D eigenvalue weighted by atomic mass is 16.6. The summed E-state index contributed by atoms with van der Waals surface area (Å²) in [6.07, 6.45) is 1.63. The number of likely N-dealkylation sites (tertiary alicyclic amines) is 1. The molecule has 6 heteroatoms. The van der Waals surface area contributed by atoms with Crippen molar-refractivity contribution in [3.63, 3.8) is 0 Å². The first kappa shape index (κ1) is 19.5. The zero-order valence-corrected chi connectivity index (χ0v) is 16.2. The summed E-state index contributed by atoms with van der Waals surface area (Å²) in [7, 11) is 2.17. The lowest BCUT2D eigenvalue weighted by Gasteiger charge is -2.46. The van der Waals surface area contributed by atoms with E-state index in [1.165, 1.54) is 0 Å². The van der Waals surface area contributed by atoms with Crippen LogP contribution in [0.15, 0.2) is 0 Å². The minimum atomic E-state index is -0.267. The SMILES string of the molecule is CC(C)OC(=O)NC1(CN2CCN(C)CC2)CCN(C(C)C)CC1. The number of piperidine rings is 1. The lowest BCUT2D eigenvalue weighted by Crippen LogP contribution is -2.62. The zero-order valence-electron chi connectivity index (χ0n) is 16.2. The van der Waals surface area contributed by atoms with Gasteiger partial charge in [0.2, 0.25) is 0 Å². The molecule has 0 atom stereocenters. The molecule has 0 aliphatic carbocycles. The fraction of sp³-hybridized carbons (Fsp3) is 0.944. The lowest BCUT2D eigenvalue weighted by molar-refractivity contribution is 0.0485. The molecule has 2 rings (SSSR count). The van der Waals surface area contributed by atoms with E-state index in [1.807, 2.05) is 13.8 Å². The standard InChI is InChI=1S/C18H36N4O2/c1-15(2)22-8-6-18(7-9-22,19-17(23)24-16(3)4)14-21-12-10-20(5)11-13-21/h15-16H,6-14H2,1-5H3,(H,19,23). The molecular weight excluding hydrogens is 304 g/mol. The Balaban J connectivity index is 2.00. The number of nitrogens with one attached hydrogen (secondary N) is 1. The van der Waals surface area contributed by atoms with Crippen LogP contribution in [-0.4, -0.2) is 91.3 Å². The van der Waals surface area contributed by atoms with Crippen LogP contribution in [-0.2, 0) is 4.74 Å². The zero-order chi connectivity index (χ0) is 17.7. The van der Waals surface area contributed by atoms with E-state index >= 15 is 0 Å². The number of nitrogens with zero attached hydrogens (tertiary/aromatic N) is 3. The van der Waals surface area contributed by atoms with Gasteiger partial charge in [-0.05, 0) is 47.6 Å². The summed E-state index contributed by atoms with van der Waals surface area (Å²) in [6.45, 7) is 15.6. The molecule has 0 saturated carbocycles. The molecule has 2 fully saturated rings. The van der Waals surface area contributed by atoms with Crippen LogP contribution >= 0.6 is 0 Å². The molecule has 0 spiro atoms. The monoisotopic (exact) mass is 340 g/mol. The quantitative estimate of drug-likeness (QED) is 0.824. The van der Waals surface area contributed by atoms with Crippen molar-refractivity contribution >= 4 is 6.09 Å². The predicted molar refractivity (Wildman–Crippen MR) is 97.4 cm³/mol. The highest BCUT2D eigenvalue weighted by Crippen LogP contribution is 2.25. The van der Waals surface area contributed by atoms with E-state index in [0.717, 1.165) is 58.7 Å². The third-order valence-corrected chi connectivity index (χ3v) is 5.32. The molecule has 2 aliphatic heterocycles. The Hall–Kier alpha value is -0.850. The van der Waals surface area contributed by atoms with Gasteiger partial charge in [-0.15, -0.1) is 0 Å². The normalized spacial score (nSPS) is 23.6. The van der Waals surface area contributed by atoms with Crippen molar-refractivity contribution in [3.8, 4) is 0 Å². The average molecular weight is 341 g/mol. The van der Waals surface area contributed by atoms with Crippen LogP contribution in [0.5, 0.6) is 0 Å². The molecule has 2 aliphatic rings. The molecule has 0 aromatic carbocycles. The van der Waals surface area contributed by atoms with Gasteiger partial charge in [0.25, 0.3) is 0 Å². The molecule has 0 radical (unpaired) electrons. The highest BCUT2D eigenvalue weighted by Gasteiger charge is 2.39. The van der Waals surface area contributed by atoms with Crippen molar-refractivity contribution < 1.29 is 9.53 Å². The number of likely N-dealkylation sites (N-methyl/N-ethyl adjacent to an activating group) is 1. The number of hydrogen-bond donors (Lipinski definition) is 1. The van der Waals surface area contributed by atoms with Gasteiger partial charge < -0.3 is 19.9 Å². The van der Waals surface area contributed by atoms with E-state index in [1.54, 1.807) is 0 Å². The highest BCUT2D eigenvalue weighted by molar-refractivity contribution is 5.68. The summed E-state index contributed by atoms with van der Waals surface area (Å²) in [5.41, 5.74) is -0.159. The number of hydrogen-bond acceptors (Lipinski definition) is 5. The first-order valence-electron chi connectivity index (χ1n) is 9.43. The fourth-order valence-electron chi connectivity index (χ4n) is 3.69. The van der Waals surface area contributed by atoms with Gasteiger partial charge in [-0.3, -0.25) is 4.90 Å². The summed E-state index contributed by atoms with van der Waals surface area (Å²) in [6, 6.07) is 0.564. The Bertz CT molecular complexity index is 398. The average Bonchev–Trinajstić information content (AvgIpc) is 2.49. The van der Waals surface area contributed by atoms with Crippen LogP contribution in [0, 0.1) is 0 Å². The summed E-state index contributed by atoms with van der Waals surface area (Å²) in [5, 5.41) is 3.24. The number of amides is 1. The number of carbonyl (C=O) groups excluding carboxylic acids is 1. The maximum absolute atomic E-state index is 12.3. The van der Waals surface area contributed by atoms with Crippen molar-refractivity contribution in [1.29, 1.82) is 0 Å². The van der Waals surface area contributed by atoms with Gasteiger partial charge in [-0.1, -0.05) is 0 Å². The molecule has 24 heavy (non-hydrogen) atoms. The largest absolute Gasteiger partial charge is 0.447 e. The van der Waals surface area contributed by atoms with E-state index < -0.39 is 0 Å². The lowest BCUT2D eigenvalue weighted by atomic mass is 9.86. The molecule has 6 nitrogen and oxygen atoms in total. The summed E-state index contributed by atoms with van der Waals surface area (Å²) in [5.74, 6) is 0. The van der Waals surface area contributed by atoms with Gasteiger partial charge in [0.15, 0.2) is 0 Å². The summed E-state index contributed by atoms with van der Waals surface area (Å²) < 4.78 is 5.37. The second-order valence-electron chi connectivity index (χ2n) is 8.07. The fourth-order valence-corrected chi connectivity index (χ4v) is 3.69.